The van der Waals surface area contributed by atoms with Gasteiger partial charge >= 0.3 is 0 Å². The number of benzene rings is 1. The molecule has 0 unspecified atom stereocenters. The molecule has 0 amide bonds. The second kappa shape index (κ2) is 5.98. The van der Waals surface area contributed by atoms with E-state index in [1.807, 2.05) is 18.2 Å². The van der Waals surface area contributed by atoms with Gasteiger partial charge in [-0.2, -0.15) is 0 Å². The smallest absolute Gasteiger partial charge is 0.121 e. The third-order valence-electron chi connectivity index (χ3n) is 4.70. The first-order chi connectivity index (χ1) is 9.76. The SMILES string of the molecule is CCN1C(C)(C)CC(OCc2ccccc2O)CC1(C)C. The number of hydrogen-bond donors (Lipinski definition) is 1. The molecule has 2 rings (SSSR count). The van der Waals surface area contributed by atoms with Crippen LogP contribution in [0.25, 0.3) is 0 Å². The molecule has 1 saturated heterocycles. The first kappa shape index (κ1) is 16.3. The van der Waals surface area contributed by atoms with Crippen LogP contribution in [0.4, 0.5) is 0 Å². The van der Waals surface area contributed by atoms with E-state index in [0.717, 1.165) is 24.9 Å². The minimum atomic E-state index is 0.139. The summed E-state index contributed by atoms with van der Waals surface area (Å²) < 4.78 is 6.13. The van der Waals surface area contributed by atoms with Gasteiger partial charge < -0.3 is 9.84 Å². The standard InChI is InChI=1S/C18H29NO2/c1-6-19-17(2,3)11-15(12-18(19,4)5)21-13-14-9-7-8-10-16(14)20/h7-10,15,20H,6,11-13H2,1-5H3. The monoisotopic (exact) mass is 291 g/mol. The maximum absolute atomic E-state index is 9.84. The molecule has 118 valence electrons. The van der Waals surface area contributed by atoms with Crippen LogP contribution in [0.1, 0.15) is 53.0 Å². The lowest BCUT2D eigenvalue weighted by Crippen LogP contribution is -2.61. The number of phenols is 1. The summed E-state index contributed by atoms with van der Waals surface area (Å²) in [5, 5.41) is 9.84. The third kappa shape index (κ3) is 3.58. The fourth-order valence-electron chi connectivity index (χ4n) is 4.04. The molecule has 0 bridgehead atoms. The quantitative estimate of drug-likeness (QED) is 0.911. The Bertz CT molecular complexity index is 464. The van der Waals surface area contributed by atoms with Crippen molar-refractivity contribution in [3.8, 4) is 5.75 Å². The zero-order valence-electron chi connectivity index (χ0n) is 14.0. The minimum absolute atomic E-state index is 0.139. The molecule has 0 saturated carbocycles. The van der Waals surface area contributed by atoms with Gasteiger partial charge in [0.2, 0.25) is 0 Å². The fraction of sp³-hybridized carbons (Fsp3) is 0.667. The largest absolute Gasteiger partial charge is 0.508 e. The second-order valence-corrected chi connectivity index (χ2v) is 7.34. The number of hydrogen-bond acceptors (Lipinski definition) is 3. The van der Waals surface area contributed by atoms with Crippen LogP contribution in [0, 0.1) is 0 Å². The van der Waals surface area contributed by atoms with Crippen molar-refractivity contribution in [2.75, 3.05) is 6.54 Å². The molecule has 0 atom stereocenters. The normalized spacial score (nSPS) is 22.3. The molecule has 1 aromatic carbocycles. The highest BCUT2D eigenvalue weighted by atomic mass is 16.5. The summed E-state index contributed by atoms with van der Waals surface area (Å²) in [6.45, 7) is 13.0. The highest BCUT2D eigenvalue weighted by Gasteiger charge is 2.44. The lowest BCUT2D eigenvalue weighted by atomic mass is 9.78. The molecule has 21 heavy (non-hydrogen) atoms. The van der Waals surface area contributed by atoms with Crippen molar-refractivity contribution in [1.29, 1.82) is 0 Å². The third-order valence-corrected chi connectivity index (χ3v) is 4.70. The van der Waals surface area contributed by atoms with Crippen LogP contribution < -0.4 is 0 Å². The average molecular weight is 291 g/mol. The van der Waals surface area contributed by atoms with Gasteiger partial charge in [0.15, 0.2) is 0 Å². The molecular weight excluding hydrogens is 262 g/mol. The zero-order valence-corrected chi connectivity index (χ0v) is 14.0. The van der Waals surface area contributed by atoms with Crippen LogP contribution in [0.2, 0.25) is 0 Å². The minimum Gasteiger partial charge on any atom is -0.508 e. The lowest BCUT2D eigenvalue weighted by Gasteiger charge is -2.55. The van der Waals surface area contributed by atoms with Crippen molar-refractivity contribution in [1.82, 2.24) is 4.90 Å². The molecule has 0 aromatic heterocycles. The van der Waals surface area contributed by atoms with E-state index in [1.165, 1.54) is 0 Å². The van der Waals surface area contributed by atoms with Crippen molar-refractivity contribution in [2.45, 2.75) is 71.2 Å². The topological polar surface area (TPSA) is 32.7 Å². The molecule has 1 N–H and O–H groups in total. The van der Waals surface area contributed by atoms with E-state index in [1.54, 1.807) is 6.07 Å². The Kier molecular flexibility index (Phi) is 4.64. The Morgan fingerprint density at radius 3 is 2.24 bits per heavy atom. The number of aromatic hydroxyl groups is 1. The molecule has 1 aliphatic heterocycles. The highest BCUT2D eigenvalue weighted by Crippen LogP contribution is 2.39. The highest BCUT2D eigenvalue weighted by molar-refractivity contribution is 5.31. The average Bonchev–Trinajstić information content (AvgIpc) is 2.35. The van der Waals surface area contributed by atoms with Crippen LogP contribution in [0.5, 0.6) is 5.75 Å². The van der Waals surface area contributed by atoms with Gasteiger partial charge in [0, 0.05) is 16.6 Å². The van der Waals surface area contributed by atoms with Crippen molar-refractivity contribution in [2.24, 2.45) is 0 Å². The molecule has 1 aliphatic rings. The van der Waals surface area contributed by atoms with E-state index in [-0.39, 0.29) is 17.2 Å². The summed E-state index contributed by atoms with van der Waals surface area (Å²) >= 11 is 0. The van der Waals surface area contributed by atoms with Crippen LogP contribution in [0.15, 0.2) is 24.3 Å². The Morgan fingerprint density at radius 2 is 1.71 bits per heavy atom. The zero-order chi connectivity index (χ0) is 15.7. The number of piperidine rings is 1. The van der Waals surface area contributed by atoms with Gasteiger partial charge in [0.25, 0.3) is 0 Å². The van der Waals surface area contributed by atoms with E-state index in [2.05, 4.69) is 39.5 Å². The predicted molar refractivity (Wildman–Crippen MR) is 86.5 cm³/mol. The summed E-state index contributed by atoms with van der Waals surface area (Å²) in [6, 6.07) is 7.41. The van der Waals surface area contributed by atoms with Crippen molar-refractivity contribution in [3.63, 3.8) is 0 Å². The van der Waals surface area contributed by atoms with E-state index in [0.29, 0.717) is 12.4 Å². The van der Waals surface area contributed by atoms with Gasteiger partial charge in [-0.1, -0.05) is 25.1 Å². The number of ether oxygens (including phenoxy) is 1. The summed E-state index contributed by atoms with van der Waals surface area (Å²) in [6.07, 6.45) is 2.29. The van der Waals surface area contributed by atoms with Gasteiger partial charge in [0.1, 0.15) is 5.75 Å². The molecule has 1 fully saturated rings. The maximum atomic E-state index is 9.84. The van der Waals surface area contributed by atoms with Crippen molar-refractivity contribution < 1.29 is 9.84 Å². The first-order valence-corrected chi connectivity index (χ1v) is 7.92. The predicted octanol–water partition coefficient (Wildman–Crippen LogP) is 3.95. The lowest BCUT2D eigenvalue weighted by molar-refractivity contribution is -0.106. The van der Waals surface area contributed by atoms with Gasteiger partial charge in [0.05, 0.1) is 12.7 Å². The van der Waals surface area contributed by atoms with Gasteiger partial charge in [-0.3, -0.25) is 4.90 Å². The summed E-state index contributed by atoms with van der Waals surface area (Å²) in [5.41, 5.74) is 1.14. The molecule has 1 heterocycles. The summed E-state index contributed by atoms with van der Waals surface area (Å²) in [5.74, 6) is 0.321. The number of nitrogens with zero attached hydrogens (tertiary/aromatic N) is 1. The number of phenolic OH excluding ortho intramolecular Hbond substituents is 1. The molecule has 0 aliphatic carbocycles. The first-order valence-electron chi connectivity index (χ1n) is 7.92. The molecule has 3 heteroatoms. The van der Waals surface area contributed by atoms with Crippen LogP contribution in [0.3, 0.4) is 0 Å². The van der Waals surface area contributed by atoms with E-state index in [4.69, 9.17) is 4.74 Å². The molecule has 3 nitrogen and oxygen atoms in total. The van der Waals surface area contributed by atoms with Gasteiger partial charge in [-0.15, -0.1) is 0 Å². The Labute approximate surface area is 128 Å². The fourth-order valence-corrected chi connectivity index (χ4v) is 4.04. The number of rotatable bonds is 4. The van der Waals surface area contributed by atoms with E-state index >= 15 is 0 Å². The summed E-state index contributed by atoms with van der Waals surface area (Å²) in [7, 11) is 0. The number of likely N-dealkylation sites (tertiary alicyclic amines) is 1. The van der Waals surface area contributed by atoms with E-state index in [9.17, 15) is 5.11 Å². The molecular formula is C18H29NO2. The Balaban J connectivity index is 2.04. The van der Waals surface area contributed by atoms with Crippen molar-refractivity contribution >= 4 is 0 Å². The van der Waals surface area contributed by atoms with E-state index < -0.39 is 0 Å². The second-order valence-electron chi connectivity index (χ2n) is 7.34. The molecule has 1 aromatic rings. The van der Waals surface area contributed by atoms with Crippen LogP contribution in [-0.4, -0.2) is 33.7 Å². The summed E-state index contributed by atoms with van der Waals surface area (Å²) in [4.78, 5) is 2.57. The molecule has 0 spiro atoms. The van der Waals surface area contributed by atoms with Crippen LogP contribution in [-0.2, 0) is 11.3 Å². The number of para-hydroxylation sites is 1. The van der Waals surface area contributed by atoms with Crippen LogP contribution >= 0.6 is 0 Å². The Hall–Kier alpha value is -1.06. The maximum Gasteiger partial charge on any atom is 0.121 e. The Morgan fingerprint density at radius 1 is 1.14 bits per heavy atom. The molecule has 0 radical (unpaired) electrons. The van der Waals surface area contributed by atoms with Gasteiger partial charge in [-0.05, 0) is 53.1 Å². The van der Waals surface area contributed by atoms with Crippen molar-refractivity contribution in [3.05, 3.63) is 29.8 Å². The van der Waals surface area contributed by atoms with Gasteiger partial charge in [-0.25, -0.2) is 0 Å².